The van der Waals surface area contributed by atoms with Crippen molar-refractivity contribution in [1.82, 2.24) is 14.9 Å². The molecule has 0 amide bonds. The number of anilines is 2. The van der Waals surface area contributed by atoms with Gasteiger partial charge in [0.1, 0.15) is 5.82 Å². The summed E-state index contributed by atoms with van der Waals surface area (Å²) in [6.45, 7) is 8.18. The quantitative estimate of drug-likeness (QED) is 0.819. The summed E-state index contributed by atoms with van der Waals surface area (Å²) in [7, 11) is 0. The maximum atomic E-state index is 5.97. The van der Waals surface area contributed by atoms with Gasteiger partial charge in [0.05, 0.1) is 13.2 Å². The van der Waals surface area contributed by atoms with Crippen molar-refractivity contribution in [2.75, 3.05) is 62.3 Å². The van der Waals surface area contributed by atoms with Gasteiger partial charge < -0.3 is 14.5 Å². The number of nitrogens with zero attached hydrogens (tertiary/aromatic N) is 5. The van der Waals surface area contributed by atoms with Crippen LogP contribution in [0.25, 0.3) is 0 Å². The Balaban J connectivity index is 1.35. The van der Waals surface area contributed by atoms with Gasteiger partial charge in [-0.2, -0.15) is 4.98 Å². The molecule has 1 aromatic heterocycles. The van der Waals surface area contributed by atoms with E-state index >= 15 is 0 Å². The summed E-state index contributed by atoms with van der Waals surface area (Å²) < 4.78 is 5.43. The molecule has 2 fully saturated rings. The molecule has 0 unspecified atom stereocenters. The van der Waals surface area contributed by atoms with Gasteiger partial charge >= 0.3 is 0 Å². The molecule has 2 aliphatic rings. The summed E-state index contributed by atoms with van der Waals surface area (Å²) in [4.78, 5) is 16.3. The third-order valence-electron chi connectivity index (χ3n) is 4.94. The maximum Gasteiger partial charge on any atom is 0.227 e. The van der Waals surface area contributed by atoms with E-state index in [1.165, 1.54) is 5.56 Å². The number of hydrogen-bond acceptors (Lipinski definition) is 6. The van der Waals surface area contributed by atoms with Crippen LogP contribution in [0.1, 0.15) is 5.56 Å². The van der Waals surface area contributed by atoms with E-state index in [1.807, 2.05) is 24.4 Å². The van der Waals surface area contributed by atoms with Crippen LogP contribution in [0.3, 0.4) is 0 Å². The van der Waals surface area contributed by atoms with Gasteiger partial charge in [-0.3, -0.25) is 4.90 Å². The molecule has 2 aliphatic heterocycles. The minimum absolute atomic E-state index is 0.767. The monoisotopic (exact) mass is 373 g/mol. The van der Waals surface area contributed by atoms with E-state index < -0.39 is 0 Å². The Kier molecular flexibility index (Phi) is 5.53. The summed E-state index contributed by atoms with van der Waals surface area (Å²) in [5, 5.41) is 0.788. The van der Waals surface area contributed by atoms with Crippen LogP contribution in [0.15, 0.2) is 36.5 Å². The van der Waals surface area contributed by atoms with Crippen molar-refractivity contribution in [3.8, 4) is 0 Å². The lowest BCUT2D eigenvalue weighted by molar-refractivity contribution is 0.122. The Morgan fingerprint density at radius 3 is 2.35 bits per heavy atom. The summed E-state index contributed by atoms with van der Waals surface area (Å²) in [5.74, 6) is 1.84. The standard InChI is InChI=1S/C19H24ClN5O/c20-17-3-1-16(2-4-17)15-23-7-9-25(10-8-23)19-21-6-5-18(22-19)24-11-13-26-14-12-24/h1-6H,7-15H2. The number of piperazine rings is 1. The molecular formula is C19H24ClN5O. The van der Waals surface area contributed by atoms with E-state index in [4.69, 9.17) is 21.3 Å². The molecule has 6 nitrogen and oxygen atoms in total. The molecule has 0 radical (unpaired) electrons. The molecule has 0 aliphatic carbocycles. The Bertz CT molecular complexity index is 712. The van der Waals surface area contributed by atoms with E-state index in [-0.39, 0.29) is 0 Å². The summed E-state index contributed by atoms with van der Waals surface area (Å²) >= 11 is 5.97. The van der Waals surface area contributed by atoms with Crippen molar-refractivity contribution in [2.24, 2.45) is 0 Å². The molecule has 138 valence electrons. The van der Waals surface area contributed by atoms with Crippen molar-refractivity contribution in [2.45, 2.75) is 6.54 Å². The fourth-order valence-corrected chi connectivity index (χ4v) is 3.54. The summed E-state index contributed by atoms with van der Waals surface area (Å²) in [6.07, 6.45) is 1.87. The molecule has 0 N–H and O–H groups in total. The fourth-order valence-electron chi connectivity index (χ4n) is 3.41. The zero-order valence-corrected chi connectivity index (χ0v) is 15.6. The van der Waals surface area contributed by atoms with Gasteiger partial charge in [-0.05, 0) is 23.8 Å². The van der Waals surface area contributed by atoms with E-state index in [1.54, 1.807) is 0 Å². The maximum absolute atomic E-state index is 5.97. The van der Waals surface area contributed by atoms with Crippen LogP contribution in [0.4, 0.5) is 11.8 Å². The van der Waals surface area contributed by atoms with E-state index in [9.17, 15) is 0 Å². The number of morpholine rings is 1. The van der Waals surface area contributed by atoms with Crippen LogP contribution in [0, 0.1) is 0 Å². The average molecular weight is 374 g/mol. The van der Waals surface area contributed by atoms with Gasteiger partial charge in [0.2, 0.25) is 5.95 Å². The van der Waals surface area contributed by atoms with Crippen molar-refractivity contribution in [3.05, 3.63) is 47.1 Å². The van der Waals surface area contributed by atoms with Crippen LogP contribution < -0.4 is 9.80 Å². The molecule has 1 aromatic carbocycles. The van der Waals surface area contributed by atoms with E-state index in [0.717, 1.165) is 75.8 Å². The highest BCUT2D eigenvalue weighted by Gasteiger charge is 2.20. The molecule has 0 atom stereocenters. The van der Waals surface area contributed by atoms with Gasteiger partial charge in [-0.15, -0.1) is 0 Å². The Hall–Kier alpha value is -1.89. The van der Waals surface area contributed by atoms with E-state index in [0.29, 0.717) is 0 Å². The van der Waals surface area contributed by atoms with E-state index in [2.05, 4.69) is 31.8 Å². The summed E-state index contributed by atoms with van der Waals surface area (Å²) in [6, 6.07) is 10.1. The van der Waals surface area contributed by atoms with Gasteiger partial charge in [0.25, 0.3) is 0 Å². The first-order chi connectivity index (χ1) is 12.8. The predicted octanol–water partition coefficient (Wildman–Crippen LogP) is 2.29. The van der Waals surface area contributed by atoms with Crippen molar-refractivity contribution in [1.29, 1.82) is 0 Å². The second-order valence-electron chi connectivity index (χ2n) is 6.70. The molecule has 7 heteroatoms. The number of aromatic nitrogens is 2. The van der Waals surface area contributed by atoms with Crippen molar-refractivity contribution >= 4 is 23.4 Å². The number of hydrogen-bond donors (Lipinski definition) is 0. The first kappa shape index (κ1) is 17.5. The minimum Gasteiger partial charge on any atom is -0.378 e. The highest BCUT2D eigenvalue weighted by molar-refractivity contribution is 6.30. The van der Waals surface area contributed by atoms with Gasteiger partial charge in [-0.1, -0.05) is 23.7 Å². The molecular weight excluding hydrogens is 350 g/mol. The lowest BCUT2D eigenvalue weighted by Crippen LogP contribution is -2.46. The second-order valence-corrected chi connectivity index (χ2v) is 7.14. The smallest absolute Gasteiger partial charge is 0.227 e. The van der Waals surface area contributed by atoms with Crippen LogP contribution in [0.5, 0.6) is 0 Å². The SMILES string of the molecule is Clc1ccc(CN2CCN(c3nccc(N4CCOCC4)n3)CC2)cc1. The average Bonchev–Trinajstić information content (AvgIpc) is 2.71. The highest BCUT2D eigenvalue weighted by atomic mass is 35.5. The molecule has 26 heavy (non-hydrogen) atoms. The van der Waals surface area contributed by atoms with Gasteiger partial charge in [0, 0.05) is 57.0 Å². The van der Waals surface area contributed by atoms with Crippen molar-refractivity contribution in [3.63, 3.8) is 0 Å². The zero-order valence-electron chi connectivity index (χ0n) is 14.9. The topological polar surface area (TPSA) is 44.7 Å². The summed E-state index contributed by atoms with van der Waals surface area (Å²) in [5.41, 5.74) is 1.30. The first-order valence-corrected chi connectivity index (χ1v) is 9.53. The van der Waals surface area contributed by atoms with Crippen LogP contribution in [-0.2, 0) is 11.3 Å². The largest absolute Gasteiger partial charge is 0.378 e. The first-order valence-electron chi connectivity index (χ1n) is 9.15. The Labute approximate surface area is 159 Å². The second kappa shape index (κ2) is 8.20. The molecule has 3 heterocycles. The minimum atomic E-state index is 0.767. The normalized spacial score (nSPS) is 19.0. The zero-order chi connectivity index (χ0) is 17.8. The molecule has 0 saturated carbocycles. The van der Waals surface area contributed by atoms with Crippen LogP contribution in [-0.4, -0.2) is 67.4 Å². The van der Waals surface area contributed by atoms with Crippen LogP contribution in [0.2, 0.25) is 5.02 Å². The Morgan fingerprint density at radius 1 is 0.885 bits per heavy atom. The molecule has 4 rings (SSSR count). The number of benzene rings is 1. The number of rotatable bonds is 4. The lowest BCUT2D eigenvalue weighted by atomic mass is 10.2. The third kappa shape index (κ3) is 4.26. The van der Waals surface area contributed by atoms with Crippen molar-refractivity contribution < 1.29 is 4.74 Å². The molecule has 0 spiro atoms. The molecule has 2 aromatic rings. The number of ether oxygens (including phenoxy) is 1. The molecule has 0 bridgehead atoms. The van der Waals surface area contributed by atoms with Crippen LogP contribution >= 0.6 is 11.6 Å². The predicted molar refractivity (Wildman–Crippen MR) is 104 cm³/mol. The van der Waals surface area contributed by atoms with Gasteiger partial charge in [-0.25, -0.2) is 4.98 Å². The Morgan fingerprint density at radius 2 is 1.62 bits per heavy atom. The number of halogens is 1. The third-order valence-corrected chi connectivity index (χ3v) is 5.19. The lowest BCUT2D eigenvalue weighted by Gasteiger charge is -2.35. The fraction of sp³-hybridized carbons (Fsp3) is 0.474. The van der Waals surface area contributed by atoms with Gasteiger partial charge in [0.15, 0.2) is 0 Å². The molecule has 2 saturated heterocycles. The highest BCUT2D eigenvalue weighted by Crippen LogP contribution is 2.18.